The van der Waals surface area contributed by atoms with Gasteiger partial charge in [-0.15, -0.1) is 0 Å². The third kappa shape index (κ3) is 5.14. The summed E-state index contributed by atoms with van der Waals surface area (Å²) in [5.74, 6) is -0.115. The summed E-state index contributed by atoms with van der Waals surface area (Å²) in [6, 6.07) is 24.7. The second kappa shape index (κ2) is 9.52. The van der Waals surface area contributed by atoms with Gasteiger partial charge in [0.05, 0.1) is 11.1 Å². The van der Waals surface area contributed by atoms with Gasteiger partial charge < -0.3 is 5.32 Å². The molecule has 0 aliphatic heterocycles. The van der Waals surface area contributed by atoms with Gasteiger partial charge in [-0.1, -0.05) is 71.4 Å². The molecule has 0 saturated heterocycles. The Bertz CT molecular complexity index is 1200. The molecule has 0 radical (unpaired) electrons. The molecular formula is C24H18Cl2N2OS. The first-order chi connectivity index (χ1) is 14.6. The molecule has 1 N–H and O–H groups in total. The summed E-state index contributed by atoms with van der Waals surface area (Å²) in [7, 11) is 0. The predicted molar refractivity (Wildman–Crippen MR) is 125 cm³/mol. The predicted octanol–water partition coefficient (Wildman–Crippen LogP) is 6.67. The van der Waals surface area contributed by atoms with Gasteiger partial charge in [0.15, 0.2) is 0 Å². The topological polar surface area (TPSA) is 42.0 Å². The molecule has 3 nitrogen and oxygen atoms in total. The number of amides is 1. The molecular weight excluding hydrogens is 435 g/mol. The van der Waals surface area contributed by atoms with Gasteiger partial charge in [-0.3, -0.25) is 4.79 Å². The first-order valence-electron chi connectivity index (χ1n) is 9.44. The first-order valence-corrected chi connectivity index (χ1v) is 11.0. The maximum Gasteiger partial charge on any atom is 0.252 e. The maximum atomic E-state index is 13.0. The lowest BCUT2D eigenvalue weighted by Gasteiger charge is -2.11. The molecule has 0 spiro atoms. The number of para-hydroxylation sites is 1. The molecule has 150 valence electrons. The molecule has 0 fully saturated rings. The van der Waals surface area contributed by atoms with Gasteiger partial charge >= 0.3 is 0 Å². The van der Waals surface area contributed by atoms with Crippen molar-refractivity contribution >= 4 is 51.8 Å². The Morgan fingerprint density at radius 2 is 1.70 bits per heavy atom. The number of pyridine rings is 1. The number of aromatic nitrogens is 1. The van der Waals surface area contributed by atoms with Gasteiger partial charge in [-0.2, -0.15) is 0 Å². The van der Waals surface area contributed by atoms with E-state index in [1.807, 2.05) is 78.9 Å². The Hall–Kier alpha value is -2.53. The minimum Gasteiger partial charge on any atom is -0.352 e. The van der Waals surface area contributed by atoms with Crippen molar-refractivity contribution in [3.63, 3.8) is 0 Å². The maximum absolute atomic E-state index is 13.0. The van der Waals surface area contributed by atoms with Crippen LogP contribution in [-0.2, 0) is 6.42 Å². The van der Waals surface area contributed by atoms with Crippen LogP contribution in [0.4, 0.5) is 0 Å². The molecule has 6 heteroatoms. The van der Waals surface area contributed by atoms with E-state index in [0.717, 1.165) is 32.8 Å². The molecule has 0 aliphatic carbocycles. The van der Waals surface area contributed by atoms with Crippen molar-refractivity contribution in [2.45, 2.75) is 16.3 Å². The number of fused-ring (bicyclic) bond motifs is 1. The van der Waals surface area contributed by atoms with E-state index in [1.165, 1.54) is 11.8 Å². The number of halogens is 2. The summed E-state index contributed by atoms with van der Waals surface area (Å²) in [4.78, 5) is 18.6. The standard InChI is InChI=1S/C24H18Cl2N2OS/c25-17-10-8-16(9-11-17)12-13-27-24(29)21-15-23(28-22-7-2-1-6-20(21)22)30-19-5-3-4-18(26)14-19/h1-11,14-15H,12-13H2,(H,27,29). The van der Waals surface area contributed by atoms with Crippen LogP contribution >= 0.6 is 35.0 Å². The van der Waals surface area contributed by atoms with E-state index in [4.69, 9.17) is 28.2 Å². The van der Waals surface area contributed by atoms with E-state index in [2.05, 4.69) is 5.32 Å². The lowest BCUT2D eigenvalue weighted by molar-refractivity contribution is 0.0955. The van der Waals surface area contributed by atoms with Gasteiger partial charge in [0, 0.05) is 26.9 Å². The number of carbonyl (C=O) groups excluding carboxylic acids is 1. The number of hydrogen-bond acceptors (Lipinski definition) is 3. The van der Waals surface area contributed by atoms with Crippen LogP contribution in [0.2, 0.25) is 10.0 Å². The highest BCUT2D eigenvalue weighted by atomic mass is 35.5. The van der Waals surface area contributed by atoms with Crippen molar-refractivity contribution in [2.75, 3.05) is 6.54 Å². The van der Waals surface area contributed by atoms with Crippen molar-refractivity contribution in [1.82, 2.24) is 10.3 Å². The Labute approximate surface area is 189 Å². The summed E-state index contributed by atoms with van der Waals surface area (Å²) in [6.07, 6.45) is 0.732. The minimum atomic E-state index is -0.115. The molecule has 4 aromatic rings. The van der Waals surface area contributed by atoms with Crippen molar-refractivity contribution in [3.8, 4) is 0 Å². The molecule has 1 amide bonds. The second-order valence-electron chi connectivity index (χ2n) is 6.72. The van der Waals surface area contributed by atoms with Crippen LogP contribution in [0.3, 0.4) is 0 Å². The molecule has 3 aromatic carbocycles. The van der Waals surface area contributed by atoms with Crippen LogP contribution in [0.25, 0.3) is 10.9 Å². The fraction of sp³-hybridized carbons (Fsp3) is 0.0833. The van der Waals surface area contributed by atoms with Crippen LogP contribution in [0.5, 0.6) is 0 Å². The van der Waals surface area contributed by atoms with Crippen molar-refractivity contribution in [3.05, 3.63) is 100 Å². The van der Waals surface area contributed by atoms with Crippen molar-refractivity contribution < 1.29 is 4.79 Å². The van der Waals surface area contributed by atoms with Crippen LogP contribution < -0.4 is 5.32 Å². The minimum absolute atomic E-state index is 0.115. The highest BCUT2D eigenvalue weighted by molar-refractivity contribution is 7.99. The average Bonchev–Trinajstić information content (AvgIpc) is 2.74. The van der Waals surface area contributed by atoms with Gasteiger partial charge in [0.1, 0.15) is 5.03 Å². The molecule has 0 bridgehead atoms. The van der Waals surface area contributed by atoms with Gasteiger partial charge in [0.2, 0.25) is 0 Å². The monoisotopic (exact) mass is 452 g/mol. The van der Waals surface area contributed by atoms with Crippen LogP contribution in [0, 0.1) is 0 Å². The zero-order chi connectivity index (χ0) is 20.9. The zero-order valence-electron chi connectivity index (χ0n) is 15.9. The molecule has 0 saturated carbocycles. The molecule has 0 unspecified atom stereocenters. The van der Waals surface area contributed by atoms with E-state index < -0.39 is 0 Å². The number of hydrogen-bond donors (Lipinski definition) is 1. The van der Waals surface area contributed by atoms with Crippen LogP contribution in [0.1, 0.15) is 15.9 Å². The number of nitrogens with zero attached hydrogens (tertiary/aromatic N) is 1. The summed E-state index contributed by atoms with van der Waals surface area (Å²) in [5.41, 5.74) is 2.52. The van der Waals surface area contributed by atoms with E-state index in [1.54, 1.807) is 0 Å². The zero-order valence-corrected chi connectivity index (χ0v) is 18.3. The normalized spacial score (nSPS) is 10.9. The number of rotatable bonds is 6. The Balaban J connectivity index is 1.55. The molecule has 0 aliphatic rings. The lowest BCUT2D eigenvalue weighted by Crippen LogP contribution is -2.26. The fourth-order valence-corrected chi connectivity index (χ4v) is 4.38. The summed E-state index contributed by atoms with van der Waals surface area (Å²) < 4.78 is 0. The van der Waals surface area contributed by atoms with Crippen molar-refractivity contribution in [2.24, 2.45) is 0 Å². The third-order valence-corrected chi connectivity index (χ3v) is 5.96. The fourth-order valence-electron chi connectivity index (χ4n) is 3.11. The summed E-state index contributed by atoms with van der Waals surface area (Å²) in [5, 5.41) is 5.98. The highest BCUT2D eigenvalue weighted by Gasteiger charge is 2.13. The smallest absolute Gasteiger partial charge is 0.252 e. The van der Waals surface area contributed by atoms with E-state index in [0.29, 0.717) is 22.2 Å². The average molecular weight is 453 g/mol. The second-order valence-corrected chi connectivity index (χ2v) is 8.68. The first kappa shape index (κ1) is 20.7. The van der Waals surface area contributed by atoms with Crippen LogP contribution in [0.15, 0.2) is 88.8 Å². The summed E-state index contributed by atoms with van der Waals surface area (Å²) >= 11 is 13.5. The summed E-state index contributed by atoms with van der Waals surface area (Å²) in [6.45, 7) is 0.536. The molecule has 1 aromatic heterocycles. The van der Waals surface area contributed by atoms with E-state index in [-0.39, 0.29) is 5.91 Å². The van der Waals surface area contributed by atoms with E-state index in [9.17, 15) is 4.79 Å². The van der Waals surface area contributed by atoms with Crippen LogP contribution in [-0.4, -0.2) is 17.4 Å². The largest absolute Gasteiger partial charge is 0.352 e. The van der Waals surface area contributed by atoms with Gasteiger partial charge in [0.25, 0.3) is 5.91 Å². The quantitative estimate of drug-likeness (QED) is 0.355. The number of carbonyl (C=O) groups is 1. The molecule has 4 rings (SSSR count). The van der Waals surface area contributed by atoms with Crippen molar-refractivity contribution in [1.29, 1.82) is 0 Å². The molecule has 30 heavy (non-hydrogen) atoms. The Morgan fingerprint density at radius 1 is 0.900 bits per heavy atom. The number of nitrogens with one attached hydrogen (secondary N) is 1. The van der Waals surface area contributed by atoms with Gasteiger partial charge in [-0.25, -0.2) is 4.98 Å². The molecule has 1 heterocycles. The van der Waals surface area contributed by atoms with Gasteiger partial charge in [-0.05, 0) is 54.4 Å². The van der Waals surface area contributed by atoms with E-state index >= 15 is 0 Å². The number of benzene rings is 3. The Morgan fingerprint density at radius 3 is 2.50 bits per heavy atom. The lowest BCUT2D eigenvalue weighted by atomic mass is 10.1. The highest BCUT2D eigenvalue weighted by Crippen LogP contribution is 2.31. The molecule has 0 atom stereocenters. The third-order valence-electron chi connectivity index (χ3n) is 4.57. The Kier molecular flexibility index (Phi) is 6.58. The SMILES string of the molecule is O=C(NCCc1ccc(Cl)cc1)c1cc(Sc2cccc(Cl)c2)nc2ccccc12.